The molecule has 0 aromatic heterocycles. The average Bonchev–Trinajstić information content (AvgIpc) is 2.16. The summed E-state index contributed by atoms with van der Waals surface area (Å²) in [6, 6.07) is 0. The van der Waals surface area contributed by atoms with Crippen molar-refractivity contribution in [3.8, 4) is 0 Å². The maximum Gasteiger partial charge on any atom is -0.00477 e. The molecule has 0 saturated heterocycles. The molecule has 0 bridgehead atoms. The number of rotatable bonds is 10. The maximum atomic E-state index is 6.85. The Balaban J connectivity index is 2.83. The molecule has 0 aliphatic carbocycles. The van der Waals surface area contributed by atoms with E-state index in [9.17, 15) is 0 Å². The van der Waals surface area contributed by atoms with Crippen molar-refractivity contribution in [3.05, 3.63) is 0 Å². The molecule has 2 N–H and O–H groups in total. The van der Waals surface area contributed by atoms with Gasteiger partial charge in [-0.2, -0.15) is 0 Å². The van der Waals surface area contributed by atoms with E-state index in [1.807, 2.05) is 0 Å². The highest BCUT2D eigenvalue weighted by Crippen LogP contribution is 2.08. The third-order valence-corrected chi connectivity index (χ3v) is 2.20. The molecule has 2 heteroatoms. The first-order valence-corrected chi connectivity index (χ1v) is 5.39. The van der Waals surface area contributed by atoms with Crippen molar-refractivity contribution in [3.63, 3.8) is 0 Å². The molecule has 0 fully saturated rings. The first-order valence-electron chi connectivity index (χ1n) is 5.39. The van der Waals surface area contributed by atoms with Gasteiger partial charge < -0.3 is 10.8 Å². The molecule has 0 aromatic rings. The number of hydrogen-bond acceptors (Lipinski definition) is 2. The van der Waals surface area contributed by atoms with Gasteiger partial charge in [0, 0.05) is 0 Å². The molecule has 0 aliphatic heterocycles. The second-order valence-corrected chi connectivity index (χ2v) is 3.46. The van der Waals surface area contributed by atoms with E-state index in [0.29, 0.717) is 0 Å². The highest BCUT2D eigenvalue weighted by molar-refractivity contribution is 5.52. The Morgan fingerprint density at radius 2 is 0.846 bits per heavy atom. The quantitative estimate of drug-likeness (QED) is 0.381. The van der Waals surface area contributed by atoms with E-state index >= 15 is 0 Å². The van der Waals surface area contributed by atoms with E-state index in [1.165, 1.54) is 57.4 Å². The lowest BCUT2D eigenvalue weighted by Crippen LogP contribution is -1.82. The summed E-state index contributed by atoms with van der Waals surface area (Å²) in [5.74, 6) is 0. The third kappa shape index (κ3) is 11.3. The molecule has 0 spiro atoms. The Labute approximate surface area is 81.8 Å². The van der Waals surface area contributed by atoms with Crippen molar-refractivity contribution < 1.29 is 0 Å². The molecule has 0 atom stereocenters. The lowest BCUT2D eigenvalue weighted by molar-refractivity contribution is 0.590. The van der Waals surface area contributed by atoms with E-state index in [1.54, 1.807) is 0 Å². The van der Waals surface area contributed by atoms with Crippen molar-refractivity contribution in [1.82, 2.24) is 0 Å². The minimum atomic E-state index is 0.952. The van der Waals surface area contributed by atoms with Crippen molar-refractivity contribution in [1.29, 1.82) is 10.8 Å². The minimum Gasteiger partial charge on any atom is -0.313 e. The van der Waals surface area contributed by atoms with Crippen molar-refractivity contribution in [2.45, 2.75) is 57.8 Å². The average molecular weight is 182 g/mol. The summed E-state index contributed by atoms with van der Waals surface area (Å²) >= 11 is 0. The van der Waals surface area contributed by atoms with Crippen LogP contribution in [0.2, 0.25) is 0 Å². The Bertz CT molecular complexity index is 107. The van der Waals surface area contributed by atoms with Crippen LogP contribution in [-0.2, 0) is 0 Å². The number of unbranched alkanes of at least 4 members (excludes halogenated alkanes) is 8. The molecule has 0 amide bonds. The summed E-state index contributed by atoms with van der Waals surface area (Å²) < 4.78 is 0. The van der Waals surface area contributed by atoms with E-state index in [4.69, 9.17) is 10.8 Å². The van der Waals surface area contributed by atoms with Gasteiger partial charge in [-0.05, 0) is 38.1 Å². The van der Waals surface area contributed by atoms with E-state index < -0.39 is 0 Å². The topological polar surface area (TPSA) is 47.7 Å². The van der Waals surface area contributed by atoms with E-state index in [0.717, 1.165) is 12.8 Å². The Morgan fingerprint density at radius 1 is 0.538 bits per heavy atom. The standard InChI is InChI=1S/C11H22N2/c12-10-8-6-4-2-1-3-5-7-9-11-13/h10-13H,1-9H2. The summed E-state index contributed by atoms with van der Waals surface area (Å²) in [5, 5.41) is 13.7. The largest absolute Gasteiger partial charge is 0.313 e. The second-order valence-electron chi connectivity index (χ2n) is 3.46. The highest BCUT2D eigenvalue weighted by Gasteiger charge is 1.90. The molecular formula is C11H22N2. The first-order chi connectivity index (χ1) is 6.41. The molecule has 0 rings (SSSR count). The van der Waals surface area contributed by atoms with Gasteiger partial charge >= 0.3 is 0 Å². The monoisotopic (exact) mass is 182 g/mol. The lowest BCUT2D eigenvalue weighted by Gasteiger charge is -1.99. The van der Waals surface area contributed by atoms with Gasteiger partial charge in [0.2, 0.25) is 0 Å². The van der Waals surface area contributed by atoms with Gasteiger partial charge in [0.1, 0.15) is 0 Å². The smallest absolute Gasteiger partial charge is 0.00477 e. The van der Waals surface area contributed by atoms with Gasteiger partial charge in [0.25, 0.3) is 0 Å². The zero-order chi connectivity index (χ0) is 9.78. The van der Waals surface area contributed by atoms with E-state index in [2.05, 4.69) is 0 Å². The first kappa shape index (κ1) is 12.3. The van der Waals surface area contributed by atoms with Gasteiger partial charge in [-0.15, -0.1) is 0 Å². The fourth-order valence-electron chi connectivity index (χ4n) is 1.38. The molecule has 13 heavy (non-hydrogen) atoms. The zero-order valence-corrected chi connectivity index (χ0v) is 8.52. The summed E-state index contributed by atoms with van der Waals surface area (Å²) in [6.45, 7) is 0. The number of hydrogen-bond donors (Lipinski definition) is 2. The molecule has 0 saturated carbocycles. The summed E-state index contributed by atoms with van der Waals surface area (Å²) in [7, 11) is 0. The normalized spacial score (nSPS) is 9.85. The van der Waals surface area contributed by atoms with Crippen molar-refractivity contribution in [2.75, 3.05) is 0 Å². The molecule has 0 unspecified atom stereocenters. The molecule has 2 nitrogen and oxygen atoms in total. The maximum absolute atomic E-state index is 6.85. The predicted octanol–water partition coefficient (Wildman–Crippen LogP) is 3.80. The van der Waals surface area contributed by atoms with Crippen LogP contribution >= 0.6 is 0 Å². The number of nitrogens with one attached hydrogen (secondary N) is 2. The van der Waals surface area contributed by atoms with Crippen molar-refractivity contribution in [2.24, 2.45) is 0 Å². The van der Waals surface area contributed by atoms with Crippen LogP contribution in [0.25, 0.3) is 0 Å². The minimum absolute atomic E-state index is 0.952. The molecule has 0 aromatic carbocycles. The Kier molecular flexibility index (Phi) is 10.8. The van der Waals surface area contributed by atoms with Crippen LogP contribution in [0.1, 0.15) is 57.8 Å². The summed E-state index contributed by atoms with van der Waals surface area (Å²) in [5.41, 5.74) is 0. The van der Waals surface area contributed by atoms with Crippen LogP contribution in [0, 0.1) is 10.8 Å². The predicted molar refractivity (Wildman–Crippen MR) is 59.1 cm³/mol. The van der Waals surface area contributed by atoms with Crippen LogP contribution in [0.4, 0.5) is 0 Å². The van der Waals surface area contributed by atoms with Crippen LogP contribution in [0.3, 0.4) is 0 Å². The summed E-state index contributed by atoms with van der Waals surface area (Å²) in [6.07, 6.45) is 13.8. The summed E-state index contributed by atoms with van der Waals surface area (Å²) in [4.78, 5) is 0. The fourth-order valence-corrected chi connectivity index (χ4v) is 1.38. The fraction of sp³-hybridized carbons (Fsp3) is 0.818. The van der Waals surface area contributed by atoms with E-state index in [-0.39, 0.29) is 0 Å². The highest BCUT2D eigenvalue weighted by atomic mass is 14.3. The van der Waals surface area contributed by atoms with Gasteiger partial charge in [-0.3, -0.25) is 0 Å². The van der Waals surface area contributed by atoms with Gasteiger partial charge in [-0.1, -0.05) is 32.1 Å². The van der Waals surface area contributed by atoms with Gasteiger partial charge in [0.15, 0.2) is 0 Å². The second kappa shape index (κ2) is 11.3. The zero-order valence-electron chi connectivity index (χ0n) is 8.52. The van der Waals surface area contributed by atoms with Crippen LogP contribution < -0.4 is 0 Å². The molecule has 0 aliphatic rings. The molecular weight excluding hydrogens is 160 g/mol. The SMILES string of the molecule is N=CCCCCCCCCCC=N. The molecule has 0 radical (unpaired) electrons. The van der Waals surface area contributed by atoms with Gasteiger partial charge in [-0.25, -0.2) is 0 Å². The molecule has 0 heterocycles. The Hall–Kier alpha value is -0.660. The lowest BCUT2D eigenvalue weighted by atomic mass is 10.1. The Morgan fingerprint density at radius 3 is 1.15 bits per heavy atom. The van der Waals surface area contributed by atoms with Crippen LogP contribution in [0.5, 0.6) is 0 Å². The molecule has 76 valence electrons. The van der Waals surface area contributed by atoms with Crippen molar-refractivity contribution >= 4 is 12.4 Å². The van der Waals surface area contributed by atoms with Crippen LogP contribution in [-0.4, -0.2) is 12.4 Å². The van der Waals surface area contributed by atoms with Gasteiger partial charge in [0.05, 0.1) is 0 Å². The third-order valence-electron chi connectivity index (χ3n) is 2.20. The van der Waals surface area contributed by atoms with Crippen LogP contribution in [0.15, 0.2) is 0 Å².